The van der Waals surface area contributed by atoms with Gasteiger partial charge in [-0.15, -0.1) is 0 Å². The summed E-state index contributed by atoms with van der Waals surface area (Å²) in [7, 11) is 0. The van der Waals surface area contributed by atoms with Crippen LogP contribution in [0.4, 0.5) is 0 Å². The molecular weight excluding hydrogens is 156 g/mol. The average molecular weight is 172 g/mol. The van der Waals surface area contributed by atoms with Crippen molar-refractivity contribution in [1.29, 1.82) is 0 Å². The lowest BCUT2D eigenvalue weighted by molar-refractivity contribution is -0.143. The fraction of sp³-hybridized carbons (Fsp3) is 0.778. The molecule has 0 fully saturated rings. The van der Waals surface area contributed by atoms with E-state index in [1.54, 1.807) is 0 Å². The van der Waals surface area contributed by atoms with Crippen LogP contribution >= 0.6 is 0 Å². The van der Waals surface area contributed by atoms with E-state index in [2.05, 4.69) is 0 Å². The Labute approximate surface area is 73.1 Å². The number of hydrogen-bond donors (Lipinski definition) is 0. The van der Waals surface area contributed by atoms with Crippen LogP contribution in [0.1, 0.15) is 39.0 Å². The molecule has 3 heteroatoms. The number of unbranched alkanes of at least 4 members (excludes halogenated alkanes) is 2. The number of carbonyl (C=O) groups is 2. The summed E-state index contributed by atoms with van der Waals surface area (Å²) < 4.78 is 4.87. The van der Waals surface area contributed by atoms with Gasteiger partial charge in [0, 0.05) is 12.8 Å². The first kappa shape index (κ1) is 11.1. The highest BCUT2D eigenvalue weighted by Gasteiger charge is 2.00. The number of esters is 1. The highest BCUT2D eigenvalue weighted by atomic mass is 16.5. The van der Waals surface area contributed by atoms with Gasteiger partial charge >= 0.3 is 5.97 Å². The number of rotatable bonds is 7. The topological polar surface area (TPSA) is 43.4 Å². The first-order chi connectivity index (χ1) is 5.81. The van der Waals surface area contributed by atoms with Crippen molar-refractivity contribution in [3.8, 4) is 0 Å². The van der Waals surface area contributed by atoms with E-state index in [1.165, 1.54) is 0 Å². The summed E-state index contributed by atoms with van der Waals surface area (Å²) in [6.45, 7) is 2.55. The fourth-order valence-corrected chi connectivity index (χ4v) is 0.732. The Balaban J connectivity index is 3.15. The van der Waals surface area contributed by atoms with Crippen LogP contribution in [0.5, 0.6) is 0 Å². The molecule has 70 valence electrons. The summed E-state index contributed by atoms with van der Waals surface area (Å²) in [4.78, 5) is 20.7. The molecule has 0 heterocycles. The Bertz CT molecular complexity index is 132. The lowest BCUT2D eigenvalue weighted by Gasteiger charge is -2.01. The van der Waals surface area contributed by atoms with Gasteiger partial charge in [0.2, 0.25) is 0 Å². The van der Waals surface area contributed by atoms with Crippen LogP contribution in [0.25, 0.3) is 0 Å². The third-order valence-corrected chi connectivity index (χ3v) is 1.46. The van der Waals surface area contributed by atoms with E-state index in [9.17, 15) is 9.59 Å². The quantitative estimate of drug-likeness (QED) is 0.333. The second-order valence-electron chi connectivity index (χ2n) is 2.63. The van der Waals surface area contributed by atoms with Crippen molar-refractivity contribution in [2.24, 2.45) is 0 Å². The predicted octanol–water partition coefficient (Wildman–Crippen LogP) is 1.70. The van der Waals surface area contributed by atoms with Crippen LogP contribution in [-0.4, -0.2) is 18.9 Å². The maximum atomic E-state index is 10.9. The molecule has 12 heavy (non-hydrogen) atoms. The van der Waals surface area contributed by atoms with Crippen molar-refractivity contribution < 1.29 is 14.3 Å². The third-order valence-electron chi connectivity index (χ3n) is 1.46. The predicted molar refractivity (Wildman–Crippen MR) is 45.8 cm³/mol. The maximum absolute atomic E-state index is 10.9. The van der Waals surface area contributed by atoms with E-state index in [1.807, 2.05) is 6.92 Å². The van der Waals surface area contributed by atoms with Crippen LogP contribution in [0.15, 0.2) is 0 Å². The normalized spacial score (nSPS) is 9.42. The molecule has 0 saturated heterocycles. The second kappa shape index (κ2) is 8.24. The van der Waals surface area contributed by atoms with E-state index in [4.69, 9.17) is 4.74 Å². The monoisotopic (exact) mass is 172 g/mol. The molecule has 0 aliphatic rings. The summed E-state index contributed by atoms with van der Waals surface area (Å²) in [5, 5.41) is 0. The molecule has 0 unspecified atom stereocenters. The summed E-state index contributed by atoms with van der Waals surface area (Å²) in [6, 6.07) is 0. The van der Waals surface area contributed by atoms with Crippen LogP contribution in [0, 0.1) is 0 Å². The van der Waals surface area contributed by atoms with Gasteiger partial charge in [-0.2, -0.15) is 0 Å². The number of ether oxygens (including phenoxy) is 1. The molecule has 0 N–H and O–H groups in total. The van der Waals surface area contributed by atoms with E-state index in [0.29, 0.717) is 25.9 Å². The SMILES string of the molecule is CCCCOC(=O)CCCC=O. The van der Waals surface area contributed by atoms with Crippen molar-refractivity contribution in [2.75, 3.05) is 6.61 Å². The van der Waals surface area contributed by atoms with Gasteiger partial charge in [0.25, 0.3) is 0 Å². The lowest BCUT2D eigenvalue weighted by atomic mass is 10.2. The molecular formula is C9H16O3. The largest absolute Gasteiger partial charge is 0.466 e. The molecule has 0 amide bonds. The molecule has 0 aromatic heterocycles. The van der Waals surface area contributed by atoms with Crippen molar-refractivity contribution in [3.05, 3.63) is 0 Å². The molecule has 0 aromatic rings. The van der Waals surface area contributed by atoms with Crippen LogP contribution in [0.3, 0.4) is 0 Å². The molecule has 0 aliphatic heterocycles. The highest BCUT2D eigenvalue weighted by Crippen LogP contribution is 1.97. The summed E-state index contributed by atoms with van der Waals surface area (Å²) in [5.74, 6) is -0.190. The molecule has 0 rings (SSSR count). The minimum absolute atomic E-state index is 0.190. The second-order valence-corrected chi connectivity index (χ2v) is 2.63. The van der Waals surface area contributed by atoms with Crippen LogP contribution < -0.4 is 0 Å². The molecule has 0 saturated carbocycles. The van der Waals surface area contributed by atoms with E-state index in [-0.39, 0.29) is 5.97 Å². The number of carbonyl (C=O) groups excluding carboxylic acids is 2. The van der Waals surface area contributed by atoms with E-state index >= 15 is 0 Å². The minimum atomic E-state index is -0.190. The van der Waals surface area contributed by atoms with Crippen molar-refractivity contribution in [2.45, 2.75) is 39.0 Å². The van der Waals surface area contributed by atoms with Crippen molar-refractivity contribution in [3.63, 3.8) is 0 Å². The van der Waals surface area contributed by atoms with Crippen LogP contribution in [-0.2, 0) is 14.3 Å². The molecule has 0 atom stereocenters. The van der Waals surface area contributed by atoms with Crippen LogP contribution in [0.2, 0.25) is 0 Å². The number of aldehydes is 1. The minimum Gasteiger partial charge on any atom is -0.466 e. The zero-order valence-electron chi connectivity index (χ0n) is 7.54. The Morgan fingerprint density at radius 1 is 1.42 bits per heavy atom. The summed E-state index contributed by atoms with van der Waals surface area (Å²) in [6.07, 6.45) is 4.18. The fourth-order valence-electron chi connectivity index (χ4n) is 0.732. The molecule has 0 bridgehead atoms. The van der Waals surface area contributed by atoms with Gasteiger partial charge in [0.05, 0.1) is 6.61 Å². The Hall–Kier alpha value is -0.860. The van der Waals surface area contributed by atoms with E-state index in [0.717, 1.165) is 19.1 Å². The van der Waals surface area contributed by atoms with Gasteiger partial charge in [0.1, 0.15) is 6.29 Å². The van der Waals surface area contributed by atoms with Gasteiger partial charge in [-0.05, 0) is 12.8 Å². The smallest absolute Gasteiger partial charge is 0.305 e. The van der Waals surface area contributed by atoms with Crippen molar-refractivity contribution in [1.82, 2.24) is 0 Å². The Morgan fingerprint density at radius 3 is 2.75 bits per heavy atom. The molecule has 0 spiro atoms. The molecule has 0 aromatic carbocycles. The van der Waals surface area contributed by atoms with Gasteiger partial charge in [-0.3, -0.25) is 4.79 Å². The maximum Gasteiger partial charge on any atom is 0.305 e. The third kappa shape index (κ3) is 7.25. The summed E-state index contributed by atoms with van der Waals surface area (Å²) in [5.41, 5.74) is 0. The average Bonchev–Trinajstić information content (AvgIpc) is 2.06. The van der Waals surface area contributed by atoms with Gasteiger partial charge in [-0.1, -0.05) is 13.3 Å². The first-order valence-electron chi connectivity index (χ1n) is 4.40. The van der Waals surface area contributed by atoms with Gasteiger partial charge in [0.15, 0.2) is 0 Å². The Kier molecular flexibility index (Phi) is 7.65. The lowest BCUT2D eigenvalue weighted by Crippen LogP contribution is -2.05. The highest BCUT2D eigenvalue weighted by molar-refractivity contribution is 5.69. The first-order valence-corrected chi connectivity index (χ1v) is 4.40. The van der Waals surface area contributed by atoms with Gasteiger partial charge < -0.3 is 9.53 Å². The van der Waals surface area contributed by atoms with Crippen molar-refractivity contribution >= 4 is 12.3 Å². The zero-order chi connectivity index (χ0) is 9.23. The zero-order valence-corrected chi connectivity index (χ0v) is 7.54. The molecule has 0 aliphatic carbocycles. The summed E-state index contributed by atoms with van der Waals surface area (Å²) >= 11 is 0. The van der Waals surface area contributed by atoms with Gasteiger partial charge in [-0.25, -0.2) is 0 Å². The Morgan fingerprint density at radius 2 is 2.17 bits per heavy atom. The molecule has 3 nitrogen and oxygen atoms in total. The molecule has 0 radical (unpaired) electrons. The van der Waals surface area contributed by atoms with E-state index < -0.39 is 0 Å². The number of hydrogen-bond acceptors (Lipinski definition) is 3. The standard InChI is InChI=1S/C9H16O3/c1-2-3-8-12-9(11)6-4-5-7-10/h7H,2-6,8H2,1H3.